The standard InChI is InChI=1S/C17H21N5O2/c1-2-3-8-19-17(23)21-12-5-4-6-13(10-12)22-11-20-16-14(15(22)18)7-9-24-16/h4-7,9-10,18,20H,2-3,8,11H2,1H3,(H2,19,21,23). The average Bonchev–Trinajstić information content (AvgIpc) is 3.05. The van der Waals surface area contributed by atoms with E-state index in [4.69, 9.17) is 9.83 Å². The van der Waals surface area contributed by atoms with Crippen molar-refractivity contribution in [1.82, 2.24) is 5.32 Å². The molecule has 7 heteroatoms. The van der Waals surface area contributed by atoms with Crippen LogP contribution < -0.4 is 20.9 Å². The SMILES string of the molecule is CCCCNC(=O)Nc1cccc(N2CNc3occc3C2=N)c1. The van der Waals surface area contributed by atoms with Gasteiger partial charge in [-0.3, -0.25) is 5.41 Å². The van der Waals surface area contributed by atoms with Crippen molar-refractivity contribution in [3.05, 3.63) is 42.2 Å². The molecule has 0 atom stereocenters. The molecule has 2 aromatic rings. The van der Waals surface area contributed by atoms with Gasteiger partial charge < -0.3 is 25.3 Å². The van der Waals surface area contributed by atoms with Crippen molar-refractivity contribution in [2.45, 2.75) is 19.8 Å². The molecule has 7 nitrogen and oxygen atoms in total. The number of carbonyl (C=O) groups is 1. The lowest BCUT2D eigenvalue weighted by atomic mass is 10.2. The molecule has 0 radical (unpaired) electrons. The molecule has 3 rings (SSSR count). The zero-order chi connectivity index (χ0) is 16.9. The van der Waals surface area contributed by atoms with E-state index in [1.807, 2.05) is 29.2 Å². The summed E-state index contributed by atoms with van der Waals surface area (Å²) in [6, 6.07) is 8.98. The Morgan fingerprint density at radius 2 is 2.29 bits per heavy atom. The second kappa shape index (κ2) is 7.08. The fraction of sp³-hybridized carbons (Fsp3) is 0.294. The number of amidine groups is 1. The van der Waals surface area contributed by atoms with Crippen molar-refractivity contribution in [1.29, 1.82) is 5.41 Å². The summed E-state index contributed by atoms with van der Waals surface area (Å²) < 4.78 is 5.29. The van der Waals surface area contributed by atoms with Gasteiger partial charge in [0.05, 0.1) is 18.5 Å². The normalized spacial score (nSPS) is 13.2. The first-order chi connectivity index (χ1) is 11.7. The van der Waals surface area contributed by atoms with Crippen LogP contribution in [0.3, 0.4) is 0 Å². The highest BCUT2D eigenvalue weighted by atomic mass is 16.3. The highest BCUT2D eigenvalue weighted by molar-refractivity contribution is 6.12. The van der Waals surface area contributed by atoms with Gasteiger partial charge in [0.25, 0.3) is 0 Å². The molecule has 2 heterocycles. The monoisotopic (exact) mass is 327 g/mol. The summed E-state index contributed by atoms with van der Waals surface area (Å²) in [6.07, 6.45) is 3.56. The van der Waals surface area contributed by atoms with Gasteiger partial charge in [-0.2, -0.15) is 0 Å². The number of nitrogens with one attached hydrogen (secondary N) is 4. The minimum absolute atomic E-state index is 0.218. The minimum Gasteiger partial charge on any atom is -0.448 e. The molecule has 1 aliphatic rings. The number of urea groups is 1. The number of carbonyl (C=O) groups excluding carboxylic acids is 1. The summed E-state index contributed by atoms with van der Waals surface area (Å²) in [6.45, 7) is 3.17. The van der Waals surface area contributed by atoms with Gasteiger partial charge in [-0.15, -0.1) is 0 Å². The number of hydrogen-bond donors (Lipinski definition) is 4. The Morgan fingerprint density at radius 3 is 3.12 bits per heavy atom. The zero-order valence-electron chi connectivity index (χ0n) is 13.6. The molecule has 0 spiro atoms. The number of nitrogens with zero attached hydrogens (tertiary/aromatic N) is 1. The summed E-state index contributed by atoms with van der Waals surface area (Å²) in [5.41, 5.74) is 2.23. The molecule has 0 aliphatic carbocycles. The minimum atomic E-state index is -0.218. The first kappa shape index (κ1) is 15.9. The van der Waals surface area contributed by atoms with Gasteiger partial charge in [-0.05, 0) is 30.7 Å². The molecular weight excluding hydrogens is 306 g/mol. The van der Waals surface area contributed by atoms with E-state index < -0.39 is 0 Å². The number of fused-ring (bicyclic) bond motifs is 1. The maximum absolute atomic E-state index is 11.9. The van der Waals surface area contributed by atoms with Crippen molar-refractivity contribution in [2.24, 2.45) is 0 Å². The van der Waals surface area contributed by atoms with Crippen LogP contribution in [0.4, 0.5) is 22.1 Å². The van der Waals surface area contributed by atoms with E-state index in [1.54, 1.807) is 12.3 Å². The molecule has 0 saturated heterocycles. The Bertz CT molecular complexity index is 740. The fourth-order valence-electron chi connectivity index (χ4n) is 2.53. The van der Waals surface area contributed by atoms with E-state index in [9.17, 15) is 4.79 Å². The van der Waals surface area contributed by atoms with E-state index in [2.05, 4.69) is 22.9 Å². The van der Waals surface area contributed by atoms with E-state index in [0.29, 0.717) is 30.6 Å². The number of benzene rings is 1. The van der Waals surface area contributed by atoms with Crippen LogP contribution in [0.25, 0.3) is 0 Å². The third-order valence-corrected chi connectivity index (χ3v) is 3.82. The fourth-order valence-corrected chi connectivity index (χ4v) is 2.53. The van der Waals surface area contributed by atoms with Crippen LogP contribution in [0.1, 0.15) is 25.3 Å². The van der Waals surface area contributed by atoms with Crippen LogP contribution >= 0.6 is 0 Å². The molecule has 0 bridgehead atoms. The molecular formula is C17H21N5O2. The Balaban J connectivity index is 1.70. The smallest absolute Gasteiger partial charge is 0.319 e. The summed E-state index contributed by atoms with van der Waals surface area (Å²) >= 11 is 0. The van der Waals surface area contributed by atoms with Gasteiger partial charge in [-0.1, -0.05) is 19.4 Å². The first-order valence-electron chi connectivity index (χ1n) is 8.01. The van der Waals surface area contributed by atoms with E-state index in [1.165, 1.54) is 0 Å². The van der Waals surface area contributed by atoms with Crippen LogP contribution in [0, 0.1) is 5.41 Å². The average molecular weight is 327 g/mol. The number of amides is 2. The summed E-state index contributed by atoms with van der Waals surface area (Å²) in [5, 5.41) is 17.1. The molecule has 2 amide bonds. The lowest BCUT2D eigenvalue weighted by molar-refractivity contribution is 0.252. The van der Waals surface area contributed by atoms with Crippen molar-refractivity contribution in [3.8, 4) is 0 Å². The van der Waals surface area contributed by atoms with Crippen LogP contribution in [0.2, 0.25) is 0 Å². The lowest BCUT2D eigenvalue weighted by Crippen LogP contribution is -2.39. The van der Waals surface area contributed by atoms with Crippen molar-refractivity contribution >= 4 is 29.1 Å². The molecule has 1 aliphatic heterocycles. The Kier molecular flexibility index (Phi) is 4.69. The molecule has 0 saturated carbocycles. The number of furan rings is 1. The lowest BCUT2D eigenvalue weighted by Gasteiger charge is -2.29. The van der Waals surface area contributed by atoms with Gasteiger partial charge in [0.15, 0.2) is 0 Å². The van der Waals surface area contributed by atoms with Gasteiger partial charge >= 0.3 is 6.03 Å². The Labute approximate surface area is 140 Å². The predicted octanol–water partition coefficient (Wildman–Crippen LogP) is 3.42. The highest BCUT2D eigenvalue weighted by Crippen LogP contribution is 2.28. The van der Waals surface area contributed by atoms with Crippen molar-refractivity contribution < 1.29 is 9.21 Å². The topological polar surface area (TPSA) is 93.4 Å². The molecule has 0 fully saturated rings. The van der Waals surface area contributed by atoms with Gasteiger partial charge in [0.2, 0.25) is 5.88 Å². The van der Waals surface area contributed by atoms with Crippen LogP contribution in [0.5, 0.6) is 0 Å². The number of hydrogen-bond acceptors (Lipinski definition) is 4. The number of anilines is 3. The number of unbranched alkanes of at least 4 members (excludes halogenated alkanes) is 1. The maximum atomic E-state index is 11.9. The summed E-state index contributed by atoms with van der Waals surface area (Å²) in [5.74, 6) is 0.975. The summed E-state index contributed by atoms with van der Waals surface area (Å²) in [4.78, 5) is 13.7. The predicted molar refractivity (Wildman–Crippen MR) is 94.9 cm³/mol. The second-order valence-electron chi connectivity index (χ2n) is 5.56. The zero-order valence-corrected chi connectivity index (χ0v) is 13.6. The largest absolute Gasteiger partial charge is 0.448 e. The van der Waals surface area contributed by atoms with E-state index in [0.717, 1.165) is 24.1 Å². The van der Waals surface area contributed by atoms with Crippen LogP contribution in [-0.2, 0) is 0 Å². The van der Waals surface area contributed by atoms with Gasteiger partial charge in [0, 0.05) is 17.9 Å². The molecule has 24 heavy (non-hydrogen) atoms. The number of rotatable bonds is 5. The second-order valence-corrected chi connectivity index (χ2v) is 5.56. The van der Waals surface area contributed by atoms with E-state index >= 15 is 0 Å². The van der Waals surface area contributed by atoms with Crippen molar-refractivity contribution in [2.75, 3.05) is 28.7 Å². The van der Waals surface area contributed by atoms with Crippen molar-refractivity contribution in [3.63, 3.8) is 0 Å². The molecule has 1 aromatic carbocycles. The van der Waals surface area contributed by atoms with E-state index in [-0.39, 0.29) is 6.03 Å². The van der Waals surface area contributed by atoms with Gasteiger partial charge in [-0.25, -0.2) is 4.79 Å². The third-order valence-electron chi connectivity index (χ3n) is 3.82. The van der Waals surface area contributed by atoms with Crippen LogP contribution in [-0.4, -0.2) is 25.1 Å². The third kappa shape index (κ3) is 3.34. The van der Waals surface area contributed by atoms with Gasteiger partial charge in [0.1, 0.15) is 5.84 Å². The molecule has 1 aromatic heterocycles. The first-order valence-corrected chi connectivity index (χ1v) is 8.01. The maximum Gasteiger partial charge on any atom is 0.319 e. The Hall–Kier alpha value is -2.96. The molecule has 0 unspecified atom stereocenters. The quantitative estimate of drug-likeness (QED) is 0.633. The summed E-state index contributed by atoms with van der Waals surface area (Å²) in [7, 11) is 0. The highest BCUT2D eigenvalue weighted by Gasteiger charge is 2.24. The Morgan fingerprint density at radius 1 is 1.42 bits per heavy atom. The molecule has 126 valence electrons. The van der Waals surface area contributed by atoms with Crippen LogP contribution in [0.15, 0.2) is 41.0 Å². The molecule has 4 N–H and O–H groups in total.